The van der Waals surface area contributed by atoms with Crippen LogP contribution in [-0.2, 0) is 25.4 Å². The lowest BCUT2D eigenvalue weighted by Gasteiger charge is -2.42. The van der Waals surface area contributed by atoms with Crippen molar-refractivity contribution in [3.05, 3.63) is 85.8 Å². The minimum Gasteiger partial charge on any atom is -0.505 e. The Balaban J connectivity index is 1.45. The molecule has 2 amide bonds. The fraction of sp³-hybridized carbons (Fsp3) is 0.276. The molecule has 6 rings (SSSR count). The molecule has 8 nitrogen and oxygen atoms in total. The van der Waals surface area contributed by atoms with Gasteiger partial charge in [0.25, 0.3) is 11.8 Å². The first kappa shape index (κ1) is 29.2. The Hall–Kier alpha value is -3.84. The number of alkyl halides is 3. The largest absolute Gasteiger partial charge is 0.505 e. The van der Waals surface area contributed by atoms with Gasteiger partial charge in [0.2, 0.25) is 0 Å². The molecule has 14 heteroatoms. The van der Waals surface area contributed by atoms with Crippen molar-refractivity contribution in [1.82, 2.24) is 9.99 Å². The van der Waals surface area contributed by atoms with Crippen molar-refractivity contribution >= 4 is 56.7 Å². The standard InChI is InChI=1S/C29H19BrClF4N3O5/c1-37(26-17(31)7-8-20(36-26)29(33,34)35)38-27(42)13-6-5-11-14(22(13)28(38)43)9-15-23(19(39)10-16(30)24(15)40)21(11)12-3-2-4-18(32)25(12)41/h2-5,7-8,10,13-14,21-22,41H,6,9H2,1H3. The minimum atomic E-state index is -4.82. The van der Waals surface area contributed by atoms with Gasteiger partial charge in [-0.2, -0.15) is 18.2 Å². The SMILES string of the molecule is CN(c1nc(C(F)(F)F)ccc1Cl)N1C(=O)C2CC=C3C(c4cccc(F)c4O)C4=C(CC3C2C1=O)C(=O)C(Br)=CC4=O. The molecule has 1 aliphatic heterocycles. The van der Waals surface area contributed by atoms with Crippen LogP contribution in [0.15, 0.2) is 63.7 Å². The second kappa shape index (κ2) is 10.1. The summed E-state index contributed by atoms with van der Waals surface area (Å²) in [5, 5.41) is 12.0. The highest BCUT2D eigenvalue weighted by molar-refractivity contribution is 9.12. The number of phenols is 1. The number of carbonyl (C=O) groups excluding carboxylic acids is 4. The van der Waals surface area contributed by atoms with Crippen LogP contribution in [0.4, 0.5) is 23.4 Å². The van der Waals surface area contributed by atoms with Gasteiger partial charge in [-0.1, -0.05) is 35.4 Å². The number of hydrogen-bond donors (Lipinski definition) is 1. The average molecular weight is 681 g/mol. The Morgan fingerprint density at radius 3 is 2.51 bits per heavy atom. The number of halogens is 6. The number of nitrogens with zero attached hydrogens (tertiary/aromatic N) is 3. The summed E-state index contributed by atoms with van der Waals surface area (Å²) < 4.78 is 54.7. The van der Waals surface area contributed by atoms with Crippen molar-refractivity contribution in [1.29, 1.82) is 0 Å². The molecule has 3 aliphatic carbocycles. The number of aromatic hydroxyl groups is 1. The molecule has 0 spiro atoms. The van der Waals surface area contributed by atoms with Crippen molar-refractivity contribution in [3.63, 3.8) is 0 Å². The molecule has 43 heavy (non-hydrogen) atoms. The van der Waals surface area contributed by atoms with E-state index in [0.29, 0.717) is 16.6 Å². The van der Waals surface area contributed by atoms with E-state index in [1.807, 2.05) is 0 Å². The Bertz CT molecular complexity index is 1750. The molecule has 222 valence electrons. The number of pyridine rings is 1. The van der Waals surface area contributed by atoms with Crippen LogP contribution < -0.4 is 5.01 Å². The molecule has 0 radical (unpaired) electrons. The minimum absolute atomic E-state index is 0.00598. The normalized spacial score (nSPS) is 25.3. The van der Waals surface area contributed by atoms with E-state index in [-0.39, 0.29) is 39.1 Å². The summed E-state index contributed by atoms with van der Waals surface area (Å²) in [6.45, 7) is 0. The number of phenolic OH excluding ortho intramolecular Hbond substituents is 1. The van der Waals surface area contributed by atoms with Crippen molar-refractivity contribution in [2.75, 3.05) is 12.1 Å². The van der Waals surface area contributed by atoms with Gasteiger partial charge in [0, 0.05) is 35.8 Å². The van der Waals surface area contributed by atoms with Gasteiger partial charge in [0.05, 0.1) is 21.3 Å². The van der Waals surface area contributed by atoms with Crippen LogP contribution in [0.2, 0.25) is 5.02 Å². The third kappa shape index (κ3) is 4.43. The van der Waals surface area contributed by atoms with Crippen LogP contribution >= 0.6 is 27.5 Å². The maximum Gasteiger partial charge on any atom is 0.433 e. The number of aromatic nitrogens is 1. The summed E-state index contributed by atoms with van der Waals surface area (Å²) in [6.07, 6.45) is -2.17. The van der Waals surface area contributed by atoms with Crippen molar-refractivity contribution in [3.8, 4) is 5.75 Å². The van der Waals surface area contributed by atoms with Crippen LogP contribution in [-0.4, -0.2) is 45.5 Å². The highest BCUT2D eigenvalue weighted by Crippen LogP contribution is 2.56. The molecule has 1 saturated heterocycles. The highest BCUT2D eigenvalue weighted by Gasteiger charge is 2.58. The topological polar surface area (TPSA) is 108 Å². The van der Waals surface area contributed by atoms with Gasteiger partial charge in [0.1, 0.15) is 5.69 Å². The van der Waals surface area contributed by atoms with Crippen molar-refractivity contribution in [2.45, 2.75) is 24.9 Å². The van der Waals surface area contributed by atoms with E-state index < -0.39 is 76.3 Å². The van der Waals surface area contributed by atoms with E-state index in [1.54, 1.807) is 6.08 Å². The van der Waals surface area contributed by atoms with E-state index >= 15 is 0 Å². The summed E-state index contributed by atoms with van der Waals surface area (Å²) >= 11 is 9.24. The zero-order chi connectivity index (χ0) is 31.1. The molecule has 1 fully saturated rings. The molecular formula is C29H19BrClF4N3O5. The monoisotopic (exact) mass is 679 g/mol. The molecule has 0 saturated carbocycles. The fourth-order valence-corrected chi connectivity index (χ4v) is 7.19. The molecular weight excluding hydrogens is 662 g/mol. The Morgan fingerprint density at radius 1 is 1.09 bits per heavy atom. The predicted molar refractivity (Wildman–Crippen MR) is 147 cm³/mol. The number of ketones is 2. The number of allylic oxidation sites excluding steroid dienone is 6. The zero-order valence-electron chi connectivity index (χ0n) is 22.0. The van der Waals surface area contributed by atoms with E-state index in [1.165, 1.54) is 19.2 Å². The first-order valence-corrected chi connectivity index (χ1v) is 14.1. The molecule has 1 aromatic heterocycles. The van der Waals surface area contributed by atoms with E-state index in [4.69, 9.17) is 11.6 Å². The van der Waals surface area contributed by atoms with Gasteiger partial charge in [0.15, 0.2) is 29.0 Å². The molecule has 4 unspecified atom stereocenters. The molecule has 0 bridgehead atoms. The van der Waals surface area contributed by atoms with Crippen LogP contribution in [0.1, 0.15) is 30.0 Å². The number of carbonyl (C=O) groups is 4. The summed E-state index contributed by atoms with van der Waals surface area (Å²) in [4.78, 5) is 57.7. The first-order valence-electron chi connectivity index (χ1n) is 12.9. The lowest BCUT2D eigenvalue weighted by molar-refractivity contribution is -0.141. The molecule has 1 aromatic carbocycles. The number of para-hydroxylation sites is 1. The second-order valence-electron chi connectivity index (χ2n) is 10.6. The van der Waals surface area contributed by atoms with Crippen LogP contribution in [0, 0.1) is 23.6 Å². The van der Waals surface area contributed by atoms with Crippen LogP contribution in [0.25, 0.3) is 0 Å². The number of hydrazine groups is 1. The lowest BCUT2D eigenvalue weighted by Crippen LogP contribution is -2.46. The van der Waals surface area contributed by atoms with E-state index in [2.05, 4.69) is 20.9 Å². The van der Waals surface area contributed by atoms with E-state index in [0.717, 1.165) is 23.2 Å². The quantitative estimate of drug-likeness (QED) is 0.200. The van der Waals surface area contributed by atoms with Gasteiger partial charge >= 0.3 is 6.18 Å². The number of benzene rings is 1. The first-order chi connectivity index (χ1) is 20.2. The summed E-state index contributed by atoms with van der Waals surface area (Å²) in [5.74, 6) is -8.63. The van der Waals surface area contributed by atoms with E-state index in [9.17, 15) is 41.8 Å². The second-order valence-corrected chi connectivity index (χ2v) is 11.8. The lowest BCUT2D eigenvalue weighted by atomic mass is 9.59. The Morgan fingerprint density at radius 2 is 1.81 bits per heavy atom. The van der Waals surface area contributed by atoms with Crippen LogP contribution in [0.3, 0.4) is 0 Å². The Labute approximate surface area is 254 Å². The van der Waals surface area contributed by atoms with Gasteiger partial charge in [-0.05, 0) is 52.9 Å². The van der Waals surface area contributed by atoms with Crippen LogP contribution in [0.5, 0.6) is 5.75 Å². The molecule has 2 heterocycles. The maximum atomic E-state index is 14.5. The highest BCUT2D eigenvalue weighted by atomic mass is 79.9. The molecule has 4 atom stereocenters. The summed E-state index contributed by atoms with van der Waals surface area (Å²) in [7, 11) is 1.19. The molecule has 2 aromatic rings. The van der Waals surface area contributed by atoms with Gasteiger partial charge in [-0.25, -0.2) is 9.37 Å². The third-order valence-corrected chi connectivity index (χ3v) is 9.25. The van der Waals surface area contributed by atoms with Gasteiger partial charge in [-0.15, -0.1) is 0 Å². The summed E-state index contributed by atoms with van der Waals surface area (Å²) in [5.41, 5.74) is -0.705. The number of imide groups is 1. The number of amides is 2. The maximum absolute atomic E-state index is 14.5. The number of Topliss-reactive ketones (excluding diaryl/α,β-unsaturated/α-hetero) is 1. The van der Waals surface area contributed by atoms with Gasteiger partial charge < -0.3 is 5.11 Å². The van der Waals surface area contributed by atoms with Crippen molar-refractivity contribution < 1.29 is 41.8 Å². The van der Waals surface area contributed by atoms with Crippen molar-refractivity contribution in [2.24, 2.45) is 17.8 Å². The molecule has 1 N–H and O–H groups in total. The number of fused-ring (bicyclic) bond motifs is 3. The average Bonchev–Trinajstić information content (AvgIpc) is 3.21. The third-order valence-electron chi connectivity index (χ3n) is 8.36. The van der Waals surface area contributed by atoms with Gasteiger partial charge in [-0.3, -0.25) is 24.2 Å². The smallest absolute Gasteiger partial charge is 0.433 e. The zero-order valence-corrected chi connectivity index (χ0v) is 24.3. The summed E-state index contributed by atoms with van der Waals surface area (Å²) in [6, 6.07) is 5.42. The fourth-order valence-electron chi connectivity index (χ4n) is 6.52. The number of rotatable bonds is 3. The number of hydrogen-bond acceptors (Lipinski definition) is 7. The Kier molecular flexibility index (Phi) is 6.88. The predicted octanol–water partition coefficient (Wildman–Crippen LogP) is 5.41. The molecule has 4 aliphatic rings. The number of anilines is 1.